The number of hydrogen-bond donors (Lipinski definition) is 2. The Labute approximate surface area is 180 Å². The fourth-order valence-corrected chi connectivity index (χ4v) is 5.07. The van der Waals surface area contributed by atoms with E-state index in [-0.39, 0.29) is 34.3 Å². The van der Waals surface area contributed by atoms with Gasteiger partial charge in [0.15, 0.2) is 5.16 Å². The summed E-state index contributed by atoms with van der Waals surface area (Å²) in [4.78, 5) is 34.5. The Morgan fingerprint density at radius 1 is 1.20 bits per heavy atom. The van der Waals surface area contributed by atoms with E-state index >= 15 is 0 Å². The first kappa shape index (κ1) is 20.6. The maximum atomic E-state index is 13.4. The first-order valence-electron chi connectivity index (χ1n) is 10.4. The second-order valence-electron chi connectivity index (χ2n) is 7.91. The van der Waals surface area contributed by atoms with E-state index in [2.05, 4.69) is 15.3 Å². The molecule has 1 aliphatic heterocycles. The van der Waals surface area contributed by atoms with Crippen LogP contribution in [-0.4, -0.2) is 44.7 Å². The molecule has 1 unspecified atom stereocenters. The molecule has 156 valence electrons. The van der Waals surface area contributed by atoms with Crippen molar-refractivity contribution in [3.8, 4) is 0 Å². The van der Waals surface area contributed by atoms with Gasteiger partial charge in [-0.05, 0) is 31.5 Å². The summed E-state index contributed by atoms with van der Waals surface area (Å²) >= 11 is 1.36. The number of H-pyrrole nitrogens is 1. The zero-order valence-electron chi connectivity index (χ0n) is 17.3. The largest absolute Gasteiger partial charge is 0.424 e. The minimum Gasteiger partial charge on any atom is -0.333 e. The number of benzene rings is 2. The first-order valence-corrected chi connectivity index (χ1v) is 11.3. The normalized spacial score (nSPS) is 22.1. The molecule has 2 heterocycles. The highest BCUT2D eigenvalue weighted by Gasteiger charge is 2.52. The molecule has 0 bridgehead atoms. The van der Waals surface area contributed by atoms with E-state index < -0.39 is 0 Å². The lowest BCUT2D eigenvalue weighted by Crippen LogP contribution is -2.63. The Morgan fingerprint density at radius 3 is 2.63 bits per heavy atom. The van der Waals surface area contributed by atoms with Crippen LogP contribution in [0.15, 0.2) is 59.8 Å². The monoisotopic (exact) mass is 423 g/mol. The summed E-state index contributed by atoms with van der Waals surface area (Å²) < 4.78 is -0.135. The number of urea groups is 1. The van der Waals surface area contributed by atoms with Crippen molar-refractivity contribution in [2.45, 2.75) is 43.9 Å². The van der Waals surface area contributed by atoms with E-state index in [1.807, 2.05) is 68.4 Å². The number of thioether (sulfide) groups is 1. The van der Waals surface area contributed by atoms with Crippen LogP contribution in [0.2, 0.25) is 0 Å². The quantitative estimate of drug-likeness (QED) is 0.463. The number of fused-ring (bicyclic) bond motifs is 1. The SMILES string of the molecule is C[C@H](NC(=O)[N+]1(C(=O)CSc2nc3ccccc3[nH]2)CCC[C@H]1C)c1ccccc1. The number of rotatable bonds is 5. The Hall–Kier alpha value is -2.64. The van der Waals surface area contributed by atoms with Gasteiger partial charge in [-0.2, -0.15) is 4.48 Å². The van der Waals surface area contributed by atoms with E-state index in [4.69, 9.17) is 0 Å². The van der Waals surface area contributed by atoms with Gasteiger partial charge in [-0.1, -0.05) is 54.2 Å². The van der Waals surface area contributed by atoms with Crippen molar-refractivity contribution >= 4 is 34.7 Å². The number of aromatic amines is 1. The Bertz CT molecular complexity index is 1020. The molecule has 2 aromatic carbocycles. The van der Waals surface area contributed by atoms with Gasteiger partial charge in [0.1, 0.15) is 11.8 Å². The predicted molar refractivity (Wildman–Crippen MR) is 119 cm³/mol. The Kier molecular flexibility index (Phi) is 5.92. The van der Waals surface area contributed by atoms with Crippen molar-refractivity contribution < 1.29 is 14.1 Å². The number of imide groups is 1. The number of amides is 3. The first-order chi connectivity index (χ1) is 14.5. The fourth-order valence-electron chi connectivity index (χ4n) is 4.23. The van der Waals surface area contributed by atoms with Crippen molar-refractivity contribution in [3.05, 3.63) is 60.2 Å². The summed E-state index contributed by atoms with van der Waals surface area (Å²) in [5.74, 6) is 0.139. The molecule has 1 saturated heterocycles. The molecular weight excluding hydrogens is 396 g/mol. The number of carbonyl (C=O) groups is 2. The van der Waals surface area contributed by atoms with E-state index in [0.717, 1.165) is 29.4 Å². The molecule has 6 nitrogen and oxygen atoms in total. The van der Waals surface area contributed by atoms with Crippen molar-refractivity contribution in [2.24, 2.45) is 0 Å². The number of nitrogens with zero attached hydrogens (tertiary/aromatic N) is 2. The third-order valence-electron chi connectivity index (χ3n) is 6.03. The summed E-state index contributed by atoms with van der Waals surface area (Å²) in [5, 5.41) is 3.79. The minimum absolute atomic E-state index is 0.0308. The number of aromatic nitrogens is 2. The number of likely N-dealkylation sites (tertiary alicyclic amines) is 1. The van der Waals surface area contributed by atoms with E-state index in [9.17, 15) is 9.59 Å². The van der Waals surface area contributed by atoms with Crippen molar-refractivity contribution in [3.63, 3.8) is 0 Å². The second kappa shape index (κ2) is 8.62. The lowest BCUT2D eigenvalue weighted by Gasteiger charge is -2.33. The standard InChI is InChI=1S/C23H26N4O2S/c1-16-9-8-14-27(16,23(29)24-17(2)18-10-4-3-5-11-18)21(28)15-30-22-25-19-12-6-7-13-20(19)26-22/h3-7,10-13,16-17H,8-9,14-15H2,1-2H3,(H-,24,25,26,29)/p+1/t16-,17+,27?/m1/s1. The summed E-state index contributed by atoms with van der Waals surface area (Å²) in [5.41, 5.74) is 2.85. The van der Waals surface area contributed by atoms with Crippen molar-refractivity contribution in [1.29, 1.82) is 0 Å². The molecular formula is C23H27N4O2S+. The molecule has 1 aliphatic rings. The summed E-state index contributed by atoms with van der Waals surface area (Å²) in [6.45, 7) is 4.51. The molecule has 0 spiro atoms. The van der Waals surface area contributed by atoms with Crippen LogP contribution in [0.5, 0.6) is 0 Å². The van der Waals surface area contributed by atoms with Crippen LogP contribution < -0.4 is 5.32 Å². The van der Waals surface area contributed by atoms with Gasteiger partial charge in [-0.25, -0.2) is 14.6 Å². The average molecular weight is 424 g/mol. The predicted octanol–water partition coefficient (Wildman–Crippen LogP) is 4.65. The summed E-state index contributed by atoms with van der Waals surface area (Å²) in [6.07, 6.45) is 1.74. The second-order valence-corrected chi connectivity index (χ2v) is 8.87. The third kappa shape index (κ3) is 3.87. The molecule has 2 N–H and O–H groups in total. The molecule has 3 amide bonds. The fraction of sp³-hybridized carbons (Fsp3) is 0.348. The topological polar surface area (TPSA) is 74.8 Å². The third-order valence-corrected chi connectivity index (χ3v) is 6.89. The molecule has 3 aromatic rings. The highest BCUT2D eigenvalue weighted by molar-refractivity contribution is 7.99. The number of carbonyl (C=O) groups excluding carboxylic acids is 2. The molecule has 0 saturated carbocycles. The minimum atomic E-state index is -0.202. The Balaban J connectivity index is 1.49. The number of para-hydroxylation sites is 2. The van der Waals surface area contributed by atoms with Crippen LogP contribution in [0, 0.1) is 0 Å². The molecule has 1 aromatic heterocycles. The number of imidazole rings is 1. The lowest BCUT2D eigenvalue weighted by atomic mass is 10.1. The van der Waals surface area contributed by atoms with Gasteiger partial charge < -0.3 is 4.98 Å². The van der Waals surface area contributed by atoms with Gasteiger partial charge in [0.05, 0.1) is 23.6 Å². The number of nitrogens with one attached hydrogen (secondary N) is 2. The van der Waals surface area contributed by atoms with Gasteiger partial charge >= 0.3 is 11.9 Å². The van der Waals surface area contributed by atoms with Crippen LogP contribution in [0.1, 0.15) is 38.3 Å². The highest BCUT2D eigenvalue weighted by atomic mass is 32.2. The number of quaternary nitrogens is 1. The van der Waals surface area contributed by atoms with Crippen LogP contribution in [-0.2, 0) is 4.79 Å². The smallest absolute Gasteiger partial charge is 0.333 e. The molecule has 30 heavy (non-hydrogen) atoms. The van der Waals surface area contributed by atoms with Crippen LogP contribution in [0.3, 0.4) is 0 Å². The lowest BCUT2D eigenvalue weighted by molar-refractivity contribution is -0.784. The number of hydrogen-bond acceptors (Lipinski definition) is 4. The van der Waals surface area contributed by atoms with Crippen LogP contribution in [0.25, 0.3) is 11.0 Å². The summed E-state index contributed by atoms with van der Waals surface area (Å²) in [6, 6.07) is 17.2. The van der Waals surface area contributed by atoms with E-state index in [1.54, 1.807) is 0 Å². The Morgan fingerprint density at radius 2 is 1.93 bits per heavy atom. The molecule has 0 radical (unpaired) electrons. The molecule has 0 aliphatic carbocycles. The molecule has 1 fully saturated rings. The van der Waals surface area contributed by atoms with Gasteiger partial charge in [-0.15, -0.1) is 0 Å². The van der Waals surface area contributed by atoms with Gasteiger partial charge in [0, 0.05) is 12.8 Å². The molecule has 4 rings (SSSR count). The zero-order chi connectivity index (χ0) is 21.1. The van der Waals surface area contributed by atoms with Crippen LogP contribution >= 0.6 is 11.8 Å². The van der Waals surface area contributed by atoms with Gasteiger partial charge in [-0.3, -0.25) is 5.32 Å². The average Bonchev–Trinajstić information content (AvgIpc) is 3.36. The van der Waals surface area contributed by atoms with Crippen molar-refractivity contribution in [1.82, 2.24) is 15.3 Å². The van der Waals surface area contributed by atoms with Gasteiger partial charge in [0.2, 0.25) is 0 Å². The van der Waals surface area contributed by atoms with Crippen molar-refractivity contribution in [2.75, 3.05) is 12.3 Å². The maximum Gasteiger partial charge on any atom is 0.424 e. The van der Waals surface area contributed by atoms with E-state index in [1.165, 1.54) is 11.8 Å². The highest BCUT2D eigenvalue weighted by Crippen LogP contribution is 2.31. The zero-order valence-corrected chi connectivity index (χ0v) is 18.1. The maximum absolute atomic E-state index is 13.4. The van der Waals surface area contributed by atoms with E-state index in [0.29, 0.717) is 11.7 Å². The molecule has 3 atom stereocenters. The summed E-state index contributed by atoms with van der Waals surface area (Å²) in [7, 11) is 0. The van der Waals surface area contributed by atoms with Gasteiger partial charge in [0.25, 0.3) is 0 Å². The molecule has 7 heteroatoms. The van der Waals surface area contributed by atoms with Crippen LogP contribution in [0.4, 0.5) is 4.79 Å².